The number of hydrogen-bond donors (Lipinski definition) is 2. The van der Waals surface area contributed by atoms with Crippen molar-refractivity contribution in [3.63, 3.8) is 0 Å². The molecule has 124 valence electrons. The lowest BCUT2D eigenvalue weighted by atomic mass is 10.4. The van der Waals surface area contributed by atoms with Gasteiger partial charge in [0.15, 0.2) is 5.16 Å². The first-order valence-electron chi connectivity index (χ1n) is 7.15. The van der Waals surface area contributed by atoms with Crippen LogP contribution < -0.4 is 15.5 Å². The molecule has 0 aliphatic heterocycles. The van der Waals surface area contributed by atoms with Crippen LogP contribution in [0.4, 0.5) is 10.7 Å². The summed E-state index contributed by atoms with van der Waals surface area (Å²) in [6.45, 7) is 8.04. The van der Waals surface area contributed by atoms with Crippen LogP contribution in [-0.4, -0.2) is 52.6 Å². The molecule has 0 aliphatic rings. The number of imide groups is 1. The highest BCUT2D eigenvalue weighted by Gasteiger charge is 2.23. The van der Waals surface area contributed by atoms with Gasteiger partial charge < -0.3 is 10.2 Å². The highest BCUT2D eigenvalue weighted by molar-refractivity contribution is 8.00. The first-order valence-corrected chi connectivity index (χ1v) is 8.03. The van der Waals surface area contributed by atoms with Crippen LogP contribution in [0.15, 0.2) is 5.16 Å². The highest BCUT2D eigenvalue weighted by Crippen LogP contribution is 2.28. The normalized spacial score (nSPS) is 12.1. The van der Waals surface area contributed by atoms with E-state index in [1.165, 1.54) is 11.8 Å². The van der Waals surface area contributed by atoms with E-state index in [0.717, 1.165) is 5.95 Å². The summed E-state index contributed by atoms with van der Waals surface area (Å²) in [4.78, 5) is 25.3. The Morgan fingerprint density at radius 2 is 1.91 bits per heavy atom. The molecule has 3 amide bonds. The van der Waals surface area contributed by atoms with Crippen molar-refractivity contribution in [3.8, 4) is 0 Å². The van der Waals surface area contributed by atoms with Gasteiger partial charge in [-0.2, -0.15) is 0 Å². The zero-order valence-corrected chi connectivity index (χ0v) is 14.7. The minimum Gasteiger partial charge on any atom is -0.347 e. The number of rotatable bonds is 6. The lowest BCUT2D eigenvalue weighted by molar-refractivity contribution is -0.119. The molecule has 1 atom stereocenters. The van der Waals surface area contributed by atoms with Gasteiger partial charge in [0.25, 0.3) is 0 Å². The predicted octanol–water partition coefficient (Wildman–Crippen LogP) is 1.25. The summed E-state index contributed by atoms with van der Waals surface area (Å²) in [5.41, 5.74) is 0. The summed E-state index contributed by atoms with van der Waals surface area (Å²) >= 11 is 1.28. The highest BCUT2D eigenvalue weighted by atomic mass is 32.2. The van der Waals surface area contributed by atoms with Crippen molar-refractivity contribution in [1.82, 2.24) is 25.4 Å². The second-order valence-corrected chi connectivity index (χ2v) is 6.56. The van der Waals surface area contributed by atoms with Crippen molar-refractivity contribution in [1.29, 1.82) is 0 Å². The molecule has 0 aromatic carbocycles. The first-order chi connectivity index (χ1) is 10.3. The molecule has 0 spiro atoms. The van der Waals surface area contributed by atoms with E-state index in [1.54, 1.807) is 13.8 Å². The van der Waals surface area contributed by atoms with Gasteiger partial charge in [0, 0.05) is 26.7 Å². The molecule has 0 unspecified atom stereocenters. The maximum Gasteiger partial charge on any atom is 0.321 e. The van der Waals surface area contributed by atoms with Crippen LogP contribution in [0.25, 0.3) is 0 Å². The molecule has 0 radical (unpaired) electrons. The van der Waals surface area contributed by atoms with Crippen LogP contribution in [-0.2, 0) is 4.79 Å². The van der Waals surface area contributed by atoms with Gasteiger partial charge in [-0.1, -0.05) is 11.8 Å². The van der Waals surface area contributed by atoms with Gasteiger partial charge in [0.05, 0.1) is 5.25 Å². The second kappa shape index (κ2) is 8.02. The topological polar surface area (TPSA) is 92.2 Å². The van der Waals surface area contributed by atoms with Crippen LogP contribution >= 0.6 is 11.8 Å². The summed E-state index contributed by atoms with van der Waals surface area (Å²) in [6, 6.07) is -0.326. The summed E-state index contributed by atoms with van der Waals surface area (Å²) in [7, 11) is 3.78. The van der Waals surface area contributed by atoms with E-state index in [1.807, 2.05) is 37.4 Å². The fourth-order valence-corrected chi connectivity index (χ4v) is 2.71. The summed E-state index contributed by atoms with van der Waals surface area (Å²) in [5, 5.41) is 13.3. The van der Waals surface area contributed by atoms with Crippen molar-refractivity contribution in [3.05, 3.63) is 0 Å². The van der Waals surface area contributed by atoms with E-state index in [-0.39, 0.29) is 11.9 Å². The van der Waals surface area contributed by atoms with Gasteiger partial charge in [-0.3, -0.25) is 14.7 Å². The fourth-order valence-electron chi connectivity index (χ4n) is 1.74. The van der Waals surface area contributed by atoms with E-state index >= 15 is 0 Å². The first kappa shape index (κ1) is 18.3. The molecule has 1 heterocycles. The van der Waals surface area contributed by atoms with Crippen LogP contribution in [0.1, 0.15) is 33.7 Å². The standard InChI is InChI=1S/C13H24N6O2S/c1-7-14-11(21)15-10(20)9(4)22-13-17-16-12(18(5)6)19(13)8(2)3/h8-9H,7H2,1-6H3,(H2,14,15,20,21)/t9-/m1/s1. The Hall–Kier alpha value is -1.77. The zero-order valence-electron chi connectivity index (χ0n) is 13.9. The van der Waals surface area contributed by atoms with E-state index in [2.05, 4.69) is 20.8 Å². The largest absolute Gasteiger partial charge is 0.347 e. The molecule has 8 nitrogen and oxygen atoms in total. The third-order valence-electron chi connectivity index (χ3n) is 2.79. The Balaban J connectivity index is 2.82. The second-order valence-electron chi connectivity index (χ2n) is 5.25. The molecule has 0 saturated carbocycles. The van der Waals surface area contributed by atoms with E-state index < -0.39 is 11.3 Å². The Morgan fingerprint density at radius 3 is 2.41 bits per heavy atom. The number of carbonyl (C=O) groups is 2. The van der Waals surface area contributed by atoms with Crippen LogP contribution in [0.3, 0.4) is 0 Å². The van der Waals surface area contributed by atoms with Gasteiger partial charge >= 0.3 is 6.03 Å². The molecule has 1 rings (SSSR count). The van der Waals surface area contributed by atoms with E-state index in [4.69, 9.17) is 0 Å². The molecular weight excluding hydrogens is 304 g/mol. The molecule has 22 heavy (non-hydrogen) atoms. The zero-order chi connectivity index (χ0) is 16.9. The minimum atomic E-state index is -0.487. The third-order valence-corrected chi connectivity index (χ3v) is 3.85. The third kappa shape index (κ3) is 4.62. The fraction of sp³-hybridized carbons (Fsp3) is 0.692. The average Bonchev–Trinajstić information content (AvgIpc) is 2.82. The monoisotopic (exact) mass is 328 g/mol. The molecule has 2 N–H and O–H groups in total. The number of nitrogens with zero attached hydrogens (tertiary/aromatic N) is 4. The summed E-state index contributed by atoms with van der Waals surface area (Å²) in [5.74, 6) is 0.370. The molecule has 0 saturated heterocycles. The summed E-state index contributed by atoms with van der Waals surface area (Å²) in [6.07, 6.45) is 0. The number of amides is 3. The van der Waals surface area contributed by atoms with E-state index in [9.17, 15) is 9.59 Å². The van der Waals surface area contributed by atoms with Crippen molar-refractivity contribution < 1.29 is 9.59 Å². The van der Waals surface area contributed by atoms with Gasteiger partial charge in [0.1, 0.15) is 0 Å². The number of carbonyl (C=O) groups excluding carboxylic acids is 2. The molecule has 0 bridgehead atoms. The Kier molecular flexibility index (Phi) is 6.66. The van der Waals surface area contributed by atoms with Crippen molar-refractivity contribution >= 4 is 29.6 Å². The smallest absolute Gasteiger partial charge is 0.321 e. The van der Waals surface area contributed by atoms with Crippen LogP contribution in [0.5, 0.6) is 0 Å². The number of anilines is 1. The SMILES string of the molecule is CCNC(=O)NC(=O)[C@@H](C)Sc1nnc(N(C)C)n1C(C)C. The van der Waals surface area contributed by atoms with Crippen molar-refractivity contribution in [2.75, 3.05) is 25.5 Å². The minimum absolute atomic E-state index is 0.161. The van der Waals surface area contributed by atoms with Crippen LogP contribution in [0.2, 0.25) is 0 Å². The number of nitrogens with one attached hydrogen (secondary N) is 2. The van der Waals surface area contributed by atoms with E-state index in [0.29, 0.717) is 11.7 Å². The molecular formula is C13H24N6O2S. The molecule has 0 aliphatic carbocycles. The summed E-state index contributed by atoms with van der Waals surface area (Å²) < 4.78 is 1.96. The van der Waals surface area contributed by atoms with Gasteiger partial charge in [-0.25, -0.2) is 4.79 Å². The van der Waals surface area contributed by atoms with Gasteiger partial charge in [0.2, 0.25) is 11.9 Å². The number of hydrogen-bond acceptors (Lipinski definition) is 6. The Morgan fingerprint density at radius 1 is 1.27 bits per heavy atom. The van der Waals surface area contributed by atoms with Gasteiger partial charge in [-0.15, -0.1) is 10.2 Å². The number of aromatic nitrogens is 3. The molecule has 9 heteroatoms. The maximum atomic E-state index is 12.0. The quantitative estimate of drug-likeness (QED) is 0.764. The molecule has 1 aromatic rings. The number of urea groups is 1. The molecule has 1 aromatic heterocycles. The average molecular weight is 328 g/mol. The van der Waals surface area contributed by atoms with Crippen molar-refractivity contribution in [2.24, 2.45) is 0 Å². The Bertz CT molecular complexity index is 529. The maximum absolute atomic E-state index is 12.0. The van der Waals surface area contributed by atoms with Crippen LogP contribution in [0, 0.1) is 0 Å². The lowest BCUT2D eigenvalue weighted by Crippen LogP contribution is -2.42. The lowest BCUT2D eigenvalue weighted by Gasteiger charge is -2.18. The van der Waals surface area contributed by atoms with Crippen molar-refractivity contribution in [2.45, 2.75) is 44.1 Å². The van der Waals surface area contributed by atoms with Gasteiger partial charge in [-0.05, 0) is 27.7 Å². The predicted molar refractivity (Wildman–Crippen MR) is 87.3 cm³/mol. The molecule has 0 fully saturated rings. The Labute approximate surface area is 135 Å². The number of thioether (sulfide) groups is 1.